The second-order valence-corrected chi connectivity index (χ2v) is 11.3. The molecule has 3 N–H and O–H groups in total. The number of rotatable bonds is 12. The molecular formula is C35H38N4O6. The number of anilines is 1. The number of aromatic nitrogens is 2. The first-order valence-electron chi connectivity index (χ1n) is 15.1. The Kier molecular flexibility index (Phi) is 9.94. The van der Waals surface area contributed by atoms with Crippen LogP contribution in [0, 0.1) is 13.8 Å². The molecule has 4 aromatic rings. The third kappa shape index (κ3) is 7.58. The quantitative estimate of drug-likeness (QED) is 0.191. The molecule has 2 heterocycles. The fourth-order valence-electron chi connectivity index (χ4n) is 5.56. The number of aliphatic hydroxyl groups is 1. The lowest BCUT2D eigenvalue weighted by Gasteiger charge is -2.33. The van der Waals surface area contributed by atoms with E-state index in [0.717, 1.165) is 28.0 Å². The fraction of sp³-hybridized carbons (Fsp3) is 0.314. The Bertz CT molecular complexity index is 1700. The van der Waals surface area contributed by atoms with Crippen LogP contribution in [0.15, 0.2) is 73.1 Å². The van der Waals surface area contributed by atoms with E-state index in [1.807, 2.05) is 62.5 Å². The number of carboxylic acids is 1. The Morgan fingerprint density at radius 2 is 1.84 bits per heavy atom. The van der Waals surface area contributed by atoms with Crippen molar-refractivity contribution in [2.75, 3.05) is 24.6 Å². The van der Waals surface area contributed by atoms with E-state index < -0.39 is 12.1 Å². The predicted molar refractivity (Wildman–Crippen MR) is 170 cm³/mol. The van der Waals surface area contributed by atoms with E-state index in [4.69, 9.17) is 9.84 Å². The topological polar surface area (TPSA) is 134 Å². The summed E-state index contributed by atoms with van der Waals surface area (Å²) in [6, 6.07) is 18.7. The second kappa shape index (κ2) is 14.2. The maximum atomic E-state index is 13.3. The van der Waals surface area contributed by atoms with Crippen molar-refractivity contribution in [3.63, 3.8) is 0 Å². The maximum absolute atomic E-state index is 13.3. The number of carboxylic acid groups (broad SMARTS) is 1. The van der Waals surface area contributed by atoms with Crippen LogP contribution >= 0.6 is 0 Å². The molecular weight excluding hydrogens is 572 g/mol. The van der Waals surface area contributed by atoms with Gasteiger partial charge in [0.1, 0.15) is 5.75 Å². The molecule has 234 valence electrons. The third-order valence-electron chi connectivity index (χ3n) is 8.08. The molecule has 1 atom stereocenters. The Morgan fingerprint density at radius 1 is 1.04 bits per heavy atom. The van der Waals surface area contributed by atoms with Crippen LogP contribution in [-0.4, -0.2) is 57.5 Å². The number of hydrogen-bond acceptors (Lipinski definition) is 6. The monoisotopic (exact) mass is 610 g/mol. The predicted octanol–water partition coefficient (Wildman–Crippen LogP) is 5.05. The lowest BCUT2D eigenvalue weighted by atomic mass is 9.91. The van der Waals surface area contributed by atoms with Gasteiger partial charge in [-0.25, -0.2) is 0 Å². The average Bonchev–Trinajstić information content (AvgIpc) is 3.49. The van der Waals surface area contributed by atoms with E-state index in [-0.39, 0.29) is 24.8 Å². The van der Waals surface area contributed by atoms with Crippen molar-refractivity contribution >= 4 is 23.5 Å². The van der Waals surface area contributed by atoms with Gasteiger partial charge in [0.25, 0.3) is 5.91 Å². The number of benzene rings is 3. The summed E-state index contributed by atoms with van der Waals surface area (Å²) in [5.41, 5.74) is 6.60. The molecule has 3 aromatic carbocycles. The number of aryl methyl sites for hydroxylation is 1. The largest absolute Gasteiger partial charge is 0.493 e. The summed E-state index contributed by atoms with van der Waals surface area (Å²) in [5.74, 6) is -0.477. The van der Waals surface area contributed by atoms with Gasteiger partial charge >= 0.3 is 5.97 Å². The number of aliphatic carboxylic acids is 1. The minimum absolute atomic E-state index is 0.00700. The number of nitrogens with zero attached hydrogens (tertiary/aromatic N) is 3. The summed E-state index contributed by atoms with van der Waals surface area (Å²) < 4.78 is 7.70. The highest BCUT2D eigenvalue weighted by atomic mass is 16.5. The zero-order chi connectivity index (χ0) is 31.9. The van der Waals surface area contributed by atoms with Gasteiger partial charge in [-0.15, -0.1) is 0 Å². The van der Waals surface area contributed by atoms with Gasteiger partial charge in [0.2, 0.25) is 5.91 Å². The van der Waals surface area contributed by atoms with Crippen molar-refractivity contribution in [1.29, 1.82) is 0 Å². The minimum Gasteiger partial charge on any atom is -0.493 e. The summed E-state index contributed by atoms with van der Waals surface area (Å²) in [4.78, 5) is 38.3. The number of nitrogens with one attached hydrogen (secondary N) is 1. The van der Waals surface area contributed by atoms with Crippen LogP contribution in [0.25, 0.3) is 11.1 Å². The number of fused-ring (bicyclic) bond motifs is 1. The van der Waals surface area contributed by atoms with E-state index >= 15 is 0 Å². The first-order valence-corrected chi connectivity index (χ1v) is 15.1. The third-order valence-corrected chi connectivity index (χ3v) is 8.08. The van der Waals surface area contributed by atoms with Crippen molar-refractivity contribution < 1.29 is 29.3 Å². The minimum atomic E-state index is -0.972. The zero-order valence-corrected chi connectivity index (χ0v) is 25.5. The highest BCUT2D eigenvalue weighted by Crippen LogP contribution is 2.41. The summed E-state index contributed by atoms with van der Waals surface area (Å²) in [6.07, 6.45) is 4.10. The first-order chi connectivity index (χ1) is 21.7. The molecule has 0 saturated heterocycles. The molecule has 10 nitrogen and oxygen atoms in total. The van der Waals surface area contributed by atoms with E-state index in [0.29, 0.717) is 55.8 Å². The van der Waals surface area contributed by atoms with Crippen LogP contribution in [0.5, 0.6) is 5.75 Å². The van der Waals surface area contributed by atoms with Gasteiger partial charge in [-0.2, -0.15) is 5.10 Å². The first kappa shape index (κ1) is 31.5. The van der Waals surface area contributed by atoms with Gasteiger partial charge in [-0.1, -0.05) is 36.4 Å². The molecule has 45 heavy (non-hydrogen) atoms. The van der Waals surface area contributed by atoms with E-state index in [9.17, 15) is 19.5 Å². The van der Waals surface area contributed by atoms with Gasteiger partial charge in [0, 0.05) is 42.4 Å². The number of carbonyl (C=O) groups is 3. The lowest BCUT2D eigenvalue weighted by molar-refractivity contribution is -0.136. The smallest absolute Gasteiger partial charge is 0.305 e. The van der Waals surface area contributed by atoms with Crippen LogP contribution < -0.4 is 15.0 Å². The van der Waals surface area contributed by atoms with Crippen molar-refractivity contribution in [1.82, 2.24) is 15.1 Å². The summed E-state index contributed by atoms with van der Waals surface area (Å²) in [7, 11) is 0. The lowest BCUT2D eigenvalue weighted by Crippen LogP contribution is -2.37. The Labute approximate surface area is 262 Å². The maximum Gasteiger partial charge on any atom is 0.305 e. The Balaban J connectivity index is 1.25. The van der Waals surface area contributed by atoms with Crippen LogP contribution in [0.2, 0.25) is 0 Å². The van der Waals surface area contributed by atoms with Crippen molar-refractivity contribution in [2.45, 2.75) is 52.2 Å². The average molecular weight is 611 g/mol. The normalized spacial score (nSPS) is 14.1. The number of hydrogen-bond donors (Lipinski definition) is 3. The van der Waals surface area contributed by atoms with Gasteiger partial charge in [0.15, 0.2) is 0 Å². The molecule has 0 bridgehead atoms. The number of ether oxygens (including phenoxy) is 1. The Morgan fingerprint density at radius 3 is 2.67 bits per heavy atom. The van der Waals surface area contributed by atoms with Gasteiger partial charge < -0.3 is 25.2 Å². The van der Waals surface area contributed by atoms with Crippen LogP contribution in [-0.2, 0) is 16.1 Å². The molecule has 0 fully saturated rings. The van der Waals surface area contributed by atoms with E-state index in [2.05, 4.69) is 10.4 Å². The highest BCUT2D eigenvalue weighted by molar-refractivity contribution is 5.96. The molecule has 10 heteroatoms. The van der Waals surface area contributed by atoms with Crippen LogP contribution in [0.1, 0.15) is 64.4 Å². The molecule has 1 aliphatic rings. The molecule has 0 saturated carbocycles. The molecule has 1 aliphatic heterocycles. The van der Waals surface area contributed by atoms with Crippen LogP contribution in [0.3, 0.4) is 0 Å². The molecule has 0 aliphatic carbocycles. The number of carbonyl (C=O) groups excluding carboxylic acids is 2. The molecule has 0 radical (unpaired) electrons. The van der Waals surface area contributed by atoms with Crippen LogP contribution in [0.4, 0.5) is 5.69 Å². The summed E-state index contributed by atoms with van der Waals surface area (Å²) in [6.45, 7) is 5.41. The van der Waals surface area contributed by atoms with Crippen molar-refractivity contribution in [3.8, 4) is 16.9 Å². The molecule has 1 aromatic heterocycles. The highest BCUT2D eigenvalue weighted by Gasteiger charge is 2.30. The summed E-state index contributed by atoms with van der Waals surface area (Å²) in [5, 5.41) is 27.0. The SMILES string of the molecule is Cc1cccc(OCCCC(=O)N2CCC(O)c3c(-c4cnn(Cc5cccc(C(=O)NCCC(=O)O)c5)c4)cccc32)c1C. The van der Waals surface area contributed by atoms with Gasteiger partial charge in [-0.05, 0) is 73.2 Å². The molecule has 1 unspecified atom stereocenters. The van der Waals surface area contributed by atoms with Gasteiger partial charge in [-0.3, -0.25) is 19.1 Å². The Hall–Kier alpha value is -4.96. The van der Waals surface area contributed by atoms with E-state index in [1.54, 1.807) is 34.0 Å². The summed E-state index contributed by atoms with van der Waals surface area (Å²) >= 11 is 0. The van der Waals surface area contributed by atoms with E-state index in [1.165, 1.54) is 5.56 Å². The molecule has 0 spiro atoms. The zero-order valence-electron chi connectivity index (χ0n) is 25.5. The second-order valence-electron chi connectivity index (χ2n) is 11.3. The number of amides is 2. The van der Waals surface area contributed by atoms with Gasteiger partial charge in [0.05, 0.1) is 37.6 Å². The number of aliphatic hydroxyl groups excluding tert-OH is 1. The van der Waals surface area contributed by atoms with Crippen molar-refractivity contribution in [3.05, 3.63) is 101 Å². The van der Waals surface area contributed by atoms with Crippen molar-refractivity contribution in [2.24, 2.45) is 0 Å². The standard InChI is InChI=1S/C35H38N4O6/c1-23-7-3-12-31(24(23)2)45-18-6-13-32(41)39-17-15-30(40)34-28(10-5-11-29(34)39)27-20-37-38(22-27)21-25-8-4-9-26(19-25)35(44)36-16-14-33(42)43/h3-5,7-12,19-20,22,30,40H,6,13-18,21H2,1-2H3,(H,36,44)(H,42,43). The molecule has 5 rings (SSSR count). The molecule has 2 amide bonds. The fourth-order valence-corrected chi connectivity index (χ4v) is 5.56.